The lowest BCUT2D eigenvalue weighted by Gasteiger charge is -2.17. The Morgan fingerprint density at radius 1 is 1.64 bits per heavy atom. The molecule has 0 aromatic heterocycles. The summed E-state index contributed by atoms with van der Waals surface area (Å²) < 4.78 is 4.49. The van der Waals surface area contributed by atoms with Crippen LogP contribution in [0.1, 0.15) is 13.8 Å². The van der Waals surface area contributed by atoms with Crippen LogP contribution in [0, 0.1) is 0 Å². The molecule has 0 fully saturated rings. The van der Waals surface area contributed by atoms with Crippen molar-refractivity contribution in [2.45, 2.75) is 19.9 Å². The van der Waals surface area contributed by atoms with Crippen LogP contribution in [-0.4, -0.2) is 37.9 Å². The van der Waals surface area contributed by atoms with E-state index in [2.05, 4.69) is 10.1 Å². The van der Waals surface area contributed by atoms with Crippen LogP contribution >= 0.6 is 0 Å². The zero-order valence-electron chi connectivity index (χ0n) is 7.55. The van der Waals surface area contributed by atoms with E-state index in [1.807, 2.05) is 13.8 Å². The van der Waals surface area contributed by atoms with Crippen molar-refractivity contribution < 1.29 is 9.53 Å². The van der Waals surface area contributed by atoms with Crippen LogP contribution < -0.4 is 5.32 Å². The molecule has 0 spiro atoms. The van der Waals surface area contributed by atoms with E-state index >= 15 is 0 Å². The fourth-order valence-electron chi connectivity index (χ4n) is 0.540. The number of hydrogen-bond donors (Lipinski definition) is 1. The first-order chi connectivity index (χ1) is 5.07. The van der Waals surface area contributed by atoms with Gasteiger partial charge in [0, 0.05) is 13.1 Å². The summed E-state index contributed by atoms with van der Waals surface area (Å²) in [4.78, 5) is 12.3. The second kappa shape index (κ2) is 4.96. The molecule has 4 heteroatoms. The molecular weight excluding hydrogens is 144 g/mol. The van der Waals surface area contributed by atoms with Gasteiger partial charge in [-0.05, 0) is 13.8 Å². The van der Waals surface area contributed by atoms with E-state index in [4.69, 9.17) is 0 Å². The van der Waals surface area contributed by atoms with Crippen LogP contribution in [-0.2, 0) is 4.74 Å². The molecular formula is C7H16N2O2. The monoisotopic (exact) mass is 160 g/mol. The minimum absolute atomic E-state index is 0.321. The van der Waals surface area contributed by atoms with Crippen LogP contribution in [0.15, 0.2) is 0 Å². The highest BCUT2D eigenvalue weighted by Gasteiger charge is 2.06. The summed E-state index contributed by atoms with van der Waals surface area (Å²) in [6.45, 7) is 4.56. The van der Waals surface area contributed by atoms with Gasteiger partial charge in [0.1, 0.15) is 0 Å². The van der Waals surface area contributed by atoms with Crippen LogP contribution in [0.2, 0.25) is 0 Å². The van der Waals surface area contributed by atoms with E-state index in [0.29, 0.717) is 12.7 Å². The average Bonchev–Trinajstić information content (AvgIpc) is 1.98. The van der Waals surface area contributed by atoms with E-state index in [9.17, 15) is 4.79 Å². The van der Waals surface area contributed by atoms with Crippen molar-refractivity contribution in [2.75, 3.05) is 20.8 Å². The molecule has 1 amide bonds. The minimum Gasteiger partial charge on any atom is -0.453 e. The lowest BCUT2D eigenvalue weighted by atomic mass is 10.4. The summed E-state index contributed by atoms with van der Waals surface area (Å²) in [5, 5.41) is 3.09. The SMILES string of the molecule is COC(=O)N(C)CNC(C)C. The minimum atomic E-state index is -0.321. The Morgan fingerprint density at radius 3 is 2.55 bits per heavy atom. The molecule has 0 aliphatic heterocycles. The highest BCUT2D eigenvalue weighted by molar-refractivity contribution is 5.66. The van der Waals surface area contributed by atoms with Crippen LogP contribution in [0.3, 0.4) is 0 Å². The fraction of sp³-hybridized carbons (Fsp3) is 0.857. The zero-order chi connectivity index (χ0) is 8.85. The topological polar surface area (TPSA) is 41.6 Å². The van der Waals surface area contributed by atoms with Crippen molar-refractivity contribution in [2.24, 2.45) is 0 Å². The number of ether oxygens (including phenoxy) is 1. The molecule has 0 atom stereocenters. The normalized spacial score (nSPS) is 9.91. The highest BCUT2D eigenvalue weighted by Crippen LogP contribution is 1.86. The summed E-state index contributed by atoms with van der Waals surface area (Å²) in [6, 6.07) is 0.377. The molecule has 0 rings (SSSR count). The van der Waals surface area contributed by atoms with Gasteiger partial charge in [-0.3, -0.25) is 10.2 Å². The van der Waals surface area contributed by atoms with Gasteiger partial charge in [-0.25, -0.2) is 4.79 Å². The zero-order valence-corrected chi connectivity index (χ0v) is 7.55. The quantitative estimate of drug-likeness (QED) is 0.616. The van der Waals surface area contributed by atoms with E-state index in [1.165, 1.54) is 12.0 Å². The molecule has 0 radical (unpaired) electrons. The third-order valence-corrected chi connectivity index (χ3v) is 1.22. The first-order valence-electron chi connectivity index (χ1n) is 3.60. The first kappa shape index (κ1) is 10.2. The standard InChI is InChI=1S/C7H16N2O2/c1-6(2)8-5-9(3)7(10)11-4/h6,8H,5H2,1-4H3. The number of methoxy groups -OCH3 is 1. The molecule has 0 saturated heterocycles. The molecule has 0 aromatic rings. The van der Waals surface area contributed by atoms with Gasteiger partial charge >= 0.3 is 6.09 Å². The smallest absolute Gasteiger partial charge is 0.410 e. The lowest BCUT2D eigenvalue weighted by Crippen LogP contribution is -2.38. The number of amides is 1. The van der Waals surface area contributed by atoms with Crippen molar-refractivity contribution in [3.8, 4) is 0 Å². The van der Waals surface area contributed by atoms with E-state index in [0.717, 1.165) is 0 Å². The third-order valence-electron chi connectivity index (χ3n) is 1.22. The summed E-state index contributed by atoms with van der Waals surface area (Å²) in [5.74, 6) is 0. The van der Waals surface area contributed by atoms with Gasteiger partial charge in [0.25, 0.3) is 0 Å². The van der Waals surface area contributed by atoms with Gasteiger partial charge in [-0.15, -0.1) is 0 Å². The fourth-order valence-corrected chi connectivity index (χ4v) is 0.540. The second-order valence-corrected chi connectivity index (χ2v) is 2.68. The van der Waals surface area contributed by atoms with Gasteiger partial charge in [0.15, 0.2) is 0 Å². The summed E-state index contributed by atoms with van der Waals surface area (Å²) in [6.07, 6.45) is -0.321. The maximum Gasteiger partial charge on any atom is 0.410 e. The molecule has 66 valence electrons. The average molecular weight is 160 g/mol. The second-order valence-electron chi connectivity index (χ2n) is 2.68. The summed E-state index contributed by atoms with van der Waals surface area (Å²) >= 11 is 0. The van der Waals surface area contributed by atoms with Crippen molar-refractivity contribution in [1.29, 1.82) is 0 Å². The highest BCUT2D eigenvalue weighted by atomic mass is 16.5. The van der Waals surface area contributed by atoms with Gasteiger partial charge in [0.2, 0.25) is 0 Å². The summed E-state index contributed by atoms with van der Waals surface area (Å²) in [5.41, 5.74) is 0. The van der Waals surface area contributed by atoms with Gasteiger partial charge in [-0.2, -0.15) is 0 Å². The number of hydrogen-bond acceptors (Lipinski definition) is 3. The Bertz CT molecular complexity index is 126. The molecule has 0 unspecified atom stereocenters. The van der Waals surface area contributed by atoms with E-state index in [1.54, 1.807) is 7.05 Å². The molecule has 0 saturated carbocycles. The van der Waals surface area contributed by atoms with Gasteiger partial charge in [0.05, 0.1) is 13.8 Å². The Labute approximate surface area is 67.5 Å². The molecule has 0 aromatic carbocycles. The molecule has 1 N–H and O–H groups in total. The number of nitrogens with one attached hydrogen (secondary N) is 1. The first-order valence-corrected chi connectivity index (χ1v) is 3.60. The molecule has 4 nitrogen and oxygen atoms in total. The number of carbonyl (C=O) groups excluding carboxylic acids is 1. The van der Waals surface area contributed by atoms with Crippen molar-refractivity contribution >= 4 is 6.09 Å². The third kappa shape index (κ3) is 4.61. The largest absolute Gasteiger partial charge is 0.453 e. The molecule has 11 heavy (non-hydrogen) atoms. The summed E-state index contributed by atoms with van der Waals surface area (Å²) in [7, 11) is 3.05. The number of carbonyl (C=O) groups is 1. The number of rotatable bonds is 3. The maximum atomic E-state index is 10.8. The Balaban J connectivity index is 3.52. The van der Waals surface area contributed by atoms with Crippen LogP contribution in [0.5, 0.6) is 0 Å². The molecule has 0 aliphatic rings. The van der Waals surface area contributed by atoms with E-state index in [-0.39, 0.29) is 6.09 Å². The van der Waals surface area contributed by atoms with Crippen molar-refractivity contribution in [3.63, 3.8) is 0 Å². The molecule has 0 bridgehead atoms. The molecule has 0 aliphatic carbocycles. The van der Waals surface area contributed by atoms with Crippen molar-refractivity contribution in [3.05, 3.63) is 0 Å². The van der Waals surface area contributed by atoms with Gasteiger partial charge < -0.3 is 4.74 Å². The maximum absolute atomic E-state index is 10.8. The Kier molecular flexibility index (Phi) is 4.61. The lowest BCUT2D eigenvalue weighted by molar-refractivity contribution is 0.129. The van der Waals surface area contributed by atoms with Crippen molar-refractivity contribution in [1.82, 2.24) is 10.2 Å². The number of nitrogens with zero attached hydrogens (tertiary/aromatic N) is 1. The van der Waals surface area contributed by atoms with Crippen LogP contribution in [0.4, 0.5) is 4.79 Å². The predicted octanol–water partition coefficient (Wildman–Crippen LogP) is 0.640. The predicted molar refractivity (Wildman–Crippen MR) is 43.3 cm³/mol. The van der Waals surface area contributed by atoms with E-state index < -0.39 is 0 Å². The Hall–Kier alpha value is -0.770. The molecule has 0 heterocycles. The van der Waals surface area contributed by atoms with Gasteiger partial charge in [-0.1, -0.05) is 0 Å². The Morgan fingerprint density at radius 2 is 2.18 bits per heavy atom. The van der Waals surface area contributed by atoms with Crippen LogP contribution in [0.25, 0.3) is 0 Å².